The maximum atomic E-state index is 6.33. The Bertz CT molecular complexity index is 302. The fourth-order valence-corrected chi connectivity index (χ4v) is 6.45. The first-order valence-corrected chi connectivity index (χ1v) is 12.1. The zero-order valence-electron chi connectivity index (χ0n) is 8.19. The molecule has 1 aromatic carbocycles. The van der Waals surface area contributed by atoms with E-state index >= 15 is 0 Å². The van der Waals surface area contributed by atoms with E-state index in [9.17, 15) is 0 Å². The van der Waals surface area contributed by atoms with Crippen LogP contribution in [0.5, 0.6) is 0 Å². The Labute approximate surface area is 105 Å². The van der Waals surface area contributed by atoms with Crippen molar-refractivity contribution < 1.29 is 0 Å². The van der Waals surface area contributed by atoms with Gasteiger partial charge in [-0.05, 0) is 0 Å². The molecule has 80 valence electrons. The van der Waals surface area contributed by atoms with Gasteiger partial charge in [-0.15, -0.1) is 0 Å². The van der Waals surface area contributed by atoms with Gasteiger partial charge in [0.2, 0.25) is 0 Å². The van der Waals surface area contributed by atoms with E-state index in [-0.39, 0.29) is 0 Å². The Morgan fingerprint density at radius 1 is 1.36 bits per heavy atom. The summed E-state index contributed by atoms with van der Waals surface area (Å²) in [6, 6.07) is 6.41. The number of halogens is 3. The standard InChI is InChI=1S/C10H13Cl2IS/c1-3-8-5-4-6-9(7-14-12)10(8)13(2)11/h4-6H,3,7H2,1-2H3. The normalized spacial score (nSPS) is 11.6. The number of alkyl halides is 1. The van der Waals surface area contributed by atoms with Crippen LogP contribution in [-0.2, 0) is 12.2 Å². The molecule has 0 aliphatic carbocycles. The minimum atomic E-state index is -1.43. The molecule has 0 aliphatic rings. The molecule has 0 saturated carbocycles. The second-order valence-corrected chi connectivity index (χ2v) is 10.3. The molecular formula is C10H13Cl2IS. The van der Waals surface area contributed by atoms with Crippen molar-refractivity contribution in [2.45, 2.75) is 19.1 Å². The average Bonchev–Trinajstić information content (AvgIpc) is 2.17. The average molecular weight is 363 g/mol. The molecule has 0 N–H and O–H groups in total. The van der Waals surface area contributed by atoms with Gasteiger partial charge in [0.15, 0.2) is 0 Å². The van der Waals surface area contributed by atoms with Crippen molar-refractivity contribution in [3.63, 3.8) is 0 Å². The van der Waals surface area contributed by atoms with Crippen LogP contribution < -0.4 is 0 Å². The van der Waals surface area contributed by atoms with E-state index < -0.39 is 18.7 Å². The first-order chi connectivity index (χ1) is 6.70. The van der Waals surface area contributed by atoms with E-state index in [0.717, 1.165) is 12.2 Å². The number of benzene rings is 1. The number of hydrogen-bond acceptors (Lipinski definition) is 1. The van der Waals surface area contributed by atoms with Crippen LogP contribution in [0.15, 0.2) is 18.2 Å². The summed E-state index contributed by atoms with van der Waals surface area (Å²) in [5, 5.41) is 0. The summed E-state index contributed by atoms with van der Waals surface area (Å²) in [4.78, 5) is 2.17. The Hall–Kier alpha value is 0.880. The molecule has 0 saturated heterocycles. The van der Waals surface area contributed by atoms with Crippen molar-refractivity contribution in [3.8, 4) is 0 Å². The van der Waals surface area contributed by atoms with Crippen LogP contribution in [0.25, 0.3) is 0 Å². The molecule has 0 spiro atoms. The molecule has 1 rings (SSSR count). The summed E-state index contributed by atoms with van der Waals surface area (Å²) < 4.78 is 1.41. The first kappa shape index (κ1) is 12.9. The van der Waals surface area contributed by atoms with Gasteiger partial charge in [0.05, 0.1) is 0 Å². The number of hydrogen-bond donors (Lipinski definition) is 0. The van der Waals surface area contributed by atoms with Crippen molar-refractivity contribution in [2.24, 2.45) is 0 Å². The van der Waals surface area contributed by atoms with Gasteiger partial charge in [-0.25, -0.2) is 0 Å². The minimum absolute atomic E-state index is 0.860. The second kappa shape index (κ2) is 6.46. The predicted octanol–water partition coefficient (Wildman–Crippen LogP) is 5.10. The Kier molecular flexibility index (Phi) is 5.97. The van der Waals surface area contributed by atoms with E-state index in [4.69, 9.17) is 19.6 Å². The second-order valence-electron chi connectivity index (χ2n) is 2.90. The van der Waals surface area contributed by atoms with Crippen LogP contribution in [0.2, 0.25) is 0 Å². The molecular weight excluding hydrogens is 350 g/mol. The van der Waals surface area contributed by atoms with E-state index in [1.807, 2.05) is 0 Å². The molecule has 1 aromatic rings. The Balaban J connectivity index is 3.14. The van der Waals surface area contributed by atoms with E-state index in [1.54, 1.807) is 0 Å². The number of aryl methyl sites for hydroxylation is 1. The Morgan fingerprint density at radius 3 is 2.50 bits per heavy atom. The van der Waals surface area contributed by atoms with Gasteiger partial charge >= 0.3 is 106 Å². The van der Waals surface area contributed by atoms with Crippen LogP contribution in [-0.4, -0.2) is 4.93 Å². The summed E-state index contributed by atoms with van der Waals surface area (Å²) in [6.07, 6.45) is 1.06. The fraction of sp³-hybridized carbons (Fsp3) is 0.400. The SMILES string of the molecule is CCc1cccc(CSCl)c1I(C)Cl. The van der Waals surface area contributed by atoms with Crippen LogP contribution in [0.3, 0.4) is 0 Å². The van der Waals surface area contributed by atoms with Gasteiger partial charge in [-0.2, -0.15) is 0 Å². The quantitative estimate of drug-likeness (QED) is 0.530. The van der Waals surface area contributed by atoms with Crippen LogP contribution in [0.1, 0.15) is 18.1 Å². The molecule has 0 nitrogen and oxygen atoms in total. The van der Waals surface area contributed by atoms with Gasteiger partial charge < -0.3 is 0 Å². The molecule has 0 radical (unpaired) electrons. The summed E-state index contributed by atoms with van der Waals surface area (Å²) in [5.74, 6) is 0.860. The zero-order valence-corrected chi connectivity index (χ0v) is 12.7. The van der Waals surface area contributed by atoms with Crippen LogP contribution in [0.4, 0.5) is 0 Å². The summed E-state index contributed by atoms with van der Waals surface area (Å²) >= 11 is -1.43. The predicted molar refractivity (Wildman–Crippen MR) is 77.5 cm³/mol. The molecule has 0 unspecified atom stereocenters. The Morgan fingerprint density at radius 2 is 2.00 bits per heavy atom. The molecule has 0 aliphatic heterocycles. The van der Waals surface area contributed by atoms with Gasteiger partial charge in [-0.3, -0.25) is 0 Å². The first-order valence-electron chi connectivity index (χ1n) is 4.31. The molecule has 0 bridgehead atoms. The third kappa shape index (κ3) is 3.19. The molecule has 0 fully saturated rings. The molecule has 4 heteroatoms. The van der Waals surface area contributed by atoms with Gasteiger partial charge in [0, 0.05) is 0 Å². The topological polar surface area (TPSA) is 0 Å². The summed E-state index contributed by atoms with van der Waals surface area (Å²) in [6.45, 7) is 2.17. The molecule has 14 heavy (non-hydrogen) atoms. The fourth-order valence-electron chi connectivity index (χ4n) is 1.41. The van der Waals surface area contributed by atoms with Crippen LogP contribution in [0, 0.1) is 3.57 Å². The summed E-state index contributed by atoms with van der Waals surface area (Å²) in [7, 11) is 13.4. The molecule has 0 heterocycles. The van der Waals surface area contributed by atoms with Crippen molar-refractivity contribution in [2.75, 3.05) is 4.93 Å². The van der Waals surface area contributed by atoms with E-state index in [0.29, 0.717) is 0 Å². The molecule has 0 amide bonds. The zero-order chi connectivity index (χ0) is 10.6. The molecule has 0 atom stereocenters. The van der Waals surface area contributed by atoms with Crippen molar-refractivity contribution in [3.05, 3.63) is 32.9 Å². The van der Waals surface area contributed by atoms with Gasteiger partial charge in [0.25, 0.3) is 0 Å². The van der Waals surface area contributed by atoms with Gasteiger partial charge in [-0.1, -0.05) is 0 Å². The van der Waals surface area contributed by atoms with E-state index in [2.05, 4.69) is 30.1 Å². The van der Waals surface area contributed by atoms with Crippen LogP contribution >= 0.6 is 49.3 Å². The van der Waals surface area contributed by atoms with Gasteiger partial charge in [0.1, 0.15) is 0 Å². The molecule has 0 aromatic heterocycles. The third-order valence-electron chi connectivity index (χ3n) is 2.01. The monoisotopic (exact) mass is 362 g/mol. The van der Waals surface area contributed by atoms with Crippen molar-refractivity contribution in [1.29, 1.82) is 0 Å². The van der Waals surface area contributed by atoms with Crippen molar-refractivity contribution >= 4 is 49.3 Å². The van der Waals surface area contributed by atoms with E-state index in [1.165, 1.54) is 25.7 Å². The van der Waals surface area contributed by atoms with Crippen molar-refractivity contribution in [1.82, 2.24) is 0 Å². The number of rotatable bonds is 4. The third-order valence-corrected chi connectivity index (χ3v) is 6.59. The maximum absolute atomic E-state index is 6.33. The summed E-state index contributed by atoms with van der Waals surface area (Å²) in [5.41, 5.74) is 2.72.